The zero-order valence-electron chi connectivity index (χ0n) is 10.3. The minimum atomic E-state index is -0.244. The summed E-state index contributed by atoms with van der Waals surface area (Å²) in [6.45, 7) is 7.31. The van der Waals surface area contributed by atoms with E-state index >= 15 is 0 Å². The van der Waals surface area contributed by atoms with Gasteiger partial charge in [0.15, 0.2) is 0 Å². The van der Waals surface area contributed by atoms with Crippen LogP contribution in [-0.2, 0) is 0 Å². The number of rotatable bonds is 3. The molecular formula is C12H22N2O2. The van der Waals surface area contributed by atoms with Crippen LogP contribution in [0, 0.1) is 17.3 Å². The van der Waals surface area contributed by atoms with Gasteiger partial charge in [-0.05, 0) is 37.0 Å². The van der Waals surface area contributed by atoms with Crippen molar-refractivity contribution in [2.45, 2.75) is 39.2 Å². The number of nitrogens with one attached hydrogen (secondary N) is 1. The molecule has 2 saturated carbocycles. The van der Waals surface area contributed by atoms with Crippen LogP contribution in [0.4, 0.5) is 0 Å². The lowest BCUT2D eigenvalue weighted by Crippen LogP contribution is -2.52. The number of hydrogen-bond donors (Lipinski definition) is 3. The largest absolute Gasteiger partial charge is 0.411 e. The molecule has 0 aliphatic heterocycles. The average Bonchev–Trinajstić information content (AvgIpc) is 2.76. The molecule has 4 nitrogen and oxygen atoms in total. The van der Waals surface area contributed by atoms with Crippen molar-refractivity contribution >= 4 is 5.71 Å². The van der Waals surface area contributed by atoms with Gasteiger partial charge in [0, 0.05) is 6.54 Å². The number of hydrogen-bond acceptors (Lipinski definition) is 4. The third-order valence-electron chi connectivity index (χ3n) is 4.71. The Balaban J connectivity index is 2.13. The summed E-state index contributed by atoms with van der Waals surface area (Å²) in [6.07, 6.45) is 1.88. The lowest BCUT2D eigenvalue weighted by molar-refractivity contribution is 0.258. The number of nitrogens with zero attached hydrogens (tertiary/aromatic N) is 1. The minimum Gasteiger partial charge on any atom is -0.411 e. The first-order valence-corrected chi connectivity index (χ1v) is 6.03. The van der Waals surface area contributed by atoms with Gasteiger partial charge in [0.05, 0.1) is 17.9 Å². The molecule has 4 heteroatoms. The molecule has 2 rings (SSSR count). The van der Waals surface area contributed by atoms with Crippen molar-refractivity contribution in [2.75, 3.05) is 13.2 Å². The average molecular weight is 226 g/mol. The van der Waals surface area contributed by atoms with E-state index in [2.05, 4.69) is 31.2 Å². The fourth-order valence-electron chi connectivity index (χ4n) is 3.32. The van der Waals surface area contributed by atoms with Crippen LogP contribution in [0.25, 0.3) is 0 Å². The molecule has 0 heterocycles. The van der Waals surface area contributed by atoms with E-state index in [1.807, 2.05) is 0 Å². The van der Waals surface area contributed by atoms with Gasteiger partial charge >= 0.3 is 0 Å². The quantitative estimate of drug-likeness (QED) is 0.501. The van der Waals surface area contributed by atoms with Gasteiger partial charge in [-0.1, -0.05) is 19.0 Å². The predicted octanol–water partition coefficient (Wildman–Crippen LogP) is 1.22. The summed E-state index contributed by atoms with van der Waals surface area (Å²) in [7, 11) is 0. The van der Waals surface area contributed by atoms with Crippen molar-refractivity contribution in [1.29, 1.82) is 0 Å². The summed E-state index contributed by atoms with van der Waals surface area (Å²) in [5.74, 6) is 1.39. The van der Waals surface area contributed by atoms with Crippen LogP contribution in [0.3, 0.4) is 0 Å². The van der Waals surface area contributed by atoms with Crippen LogP contribution in [0.2, 0.25) is 0 Å². The molecule has 0 aromatic rings. The predicted molar refractivity (Wildman–Crippen MR) is 62.7 cm³/mol. The molecule has 92 valence electrons. The second-order valence-corrected chi connectivity index (χ2v) is 5.97. The molecule has 16 heavy (non-hydrogen) atoms. The fraction of sp³-hybridized carbons (Fsp3) is 0.917. The van der Waals surface area contributed by atoms with Crippen molar-refractivity contribution in [2.24, 2.45) is 22.4 Å². The molecule has 2 fully saturated rings. The number of β-amino-alcohol motifs (C(OH)–C–C–N with tert-alkyl or cyclic N) is 1. The van der Waals surface area contributed by atoms with Gasteiger partial charge in [-0.25, -0.2) is 0 Å². The van der Waals surface area contributed by atoms with E-state index < -0.39 is 0 Å². The highest BCUT2D eigenvalue weighted by Crippen LogP contribution is 2.65. The second-order valence-electron chi connectivity index (χ2n) is 5.97. The first-order chi connectivity index (χ1) is 7.45. The minimum absolute atomic E-state index is 0.117. The molecule has 0 aromatic heterocycles. The maximum Gasteiger partial charge on any atom is 0.0771 e. The van der Waals surface area contributed by atoms with Gasteiger partial charge in [0.2, 0.25) is 0 Å². The lowest BCUT2D eigenvalue weighted by Gasteiger charge is -2.34. The van der Waals surface area contributed by atoms with Crippen molar-refractivity contribution in [3.05, 3.63) is 0 Å². The monoisotopic (exact) mass is 226 g/mol. The fourth-order valence-corrected chi connectivity index (χ4v) is 3.32. The Bertz CT molecular complexity index is 314. The summed E-state index contributed by atoms with van der Waals surface area (Å²) in [4.78, 5) is 0. The van der Waals surface area contributed by atoms with Crippen LogP contribution in [0.1, 0.15) is 33.6 Å². The summed E-state index contributed by atoms with van der Waals surface area (Å²) in [5.41, 5.74) is 0.980. The normalized spacial score (nSPS) is 43.1. The Morgan fingerprint density at radius 3 is 2.62 bits per heavy atom. The topological polar surface area (TPSA) is 64.8 Å². The first kappa shape index (κ1) is 11.9. The molecule has 3 atom stereocenters. The van der Waals surface area contributed by atoms with E-state index in [0.29, 0.717) is 23.8 Å². The lowest BCUT2D eigenvalue weighted by atomic mass is 9.81. The Morgan fingerprint density at radius 1 is 1.38 bits per heavy atom. The number of fused-ring (bicyclic) bond motifs is 1. The molecular weight excluding hydrogens is 204 g/mol. The molecule has 2 aliphatic carbocycles. The SMILES string of the molecule is CC1(NCCO)CC2C(C/C1=N\O)C2(C)C. The molecule has 0 saturated heterocycles. The van der Waals surface area contributed by atoms with E-state index in [-0.39, 0.29) is 12.1 Å². The zero-order valence-corrected chi connectivity index (χ0v) is 10.3. The molecule has 0 amide bonds. The van der Waals surface area contributed by atoms with Crippen molar-refractivity contribution in [3.63, 3.8) is 0 Å². The summed E-state index contributed by atoms with van der Waals surface area (Å²) >= 11 is 0. The van der Waals surface area contributed by atoms with Crippen LogP contribution in [-0.4, -0.2) is 34.7 Å². The molecule has 0 radical (unpaired) electrons. The zero-order chi connectivity index (χ0) is 12.0. The molecule has 0 spiro atoms. The third kappa shape index (κ3) is 1.64. The van der Waals surface area contributed by atoms with Gasteiger partial charge in [-0.3, -0.25) is 0 Å². The van der Waals surface area contributed by atoms with Crippen molar-refractivity contribution in [3.8, 4) is 0 Å². The molecule has 3 N–H and O–H groups in total. The van der Waals surface area contributed by atoms with E-state index in [9.17, 15) is 0 Å². The van der Waals surface area contributed by atoms with E-state index in [0.717, 1.165) is 18.6 Å². The van der Waals surface area contributed by atoms with E-state index in [1.165, 1.54) is 0 Å². The summed E-state index contributed by atoms with van der Waals surface area (Å²) in [6, 6.07) is 0. The van der Waals surface area contributed by atoms with Gasteiger partial charge in [0.1, 0.15) is 0 Å². The standard InChI is InChI=1S/C12H22N2O2/c1-11(2)8-6-10(14-16)12(3,7-9(8)11)13-4-5-15/h8-9,13,15-16H,4-7H2,1-3H3/b14-10+. The Morgan fingerprint density at radius 2 is 2.06 bits per heavy atom. The second kappa shape index (κ2) is 3.70. The first-order valence-electron chi connectivity index (χ1n) is 6.03. The highest BCUT2D eigenvalue weighted by Gasteiger charge is 2.63. The highest BCUT2D eigenvalue weighted by atomic mass is 16.4. The van der Waals surface area contributed by atoms with Gasteiger partial charge in [0.25, 0.3) is 0 Å². The molecule has 3 unspecified atom stereocenters. The molecule has 0 bridgehead atoms. The number of aliphatic hydroxyl groups is 1. The van der Waals surface area contributed by atoms with E-state index in [4.69, 9.17) is 10.3 Å². The smallest absolute Gasteiger partial charge is 0.0771 e. The Labute approximate surface area is 96.7 Å². The summed E-state index contributed by atoms with van der Waals surface area (Å²) < 4.78 is 0. The van der Waals surface area contributed by atoms with Gasteiger partial charge < -0.3 is 15.6 Å². The van der Waals surface area contributed by atoms with Crippen molar-refractivity contribution < 1.29 is 10.3 Å². The van der Waals surface area contributed by atoms with E-state index in [1.54, 1.807) is 0 Å². The Hall–Kier alpha value is -0.610. The molecule has 0 aromatic carbocycles. The number of aliphatic hydroxyl groups excluding tert-OH is 1. The van der Waals surface area contributed by atoms with Crippen LogP contribution in [0.15, 0.2) is 5.16 Å². The maximum atomic E-state index is 9.12. The van der Waals surface area contributed by atoms with Crippen LogP contribution < -0.4 is 5.32 Å². The van der Waals surface area contributed by atoms with Crippen LogP contribution in [0.5, 0.6) is 0 Å². The van der Waals surface area contributed by atoms with Gasteiger partial charge in [-0.2, -0.15) is 0 Å². The number of oxime groups is 1. The third-order valence-corrected chi connectivity index (χ3v) is 4.71. The maximum absolute atomic E-state index is 9.12. The van der Waals surface area contributed by atoms with Crippen LogP contribution >= 0.6 is 0 Å². The van der Waals surface area contributed by atoms with Gasteiger partial charge in [-0.15, -0.1) is 0 Å². The summed E-state index contributed by atoms with van der Waals surface area (Å²) in [5, 5.41) is 24.8. The highest BCUT2D eigenvalue weighted by molar-refractivity contribution is 5.94. The Kier molecular flexibility index (Phi) is 2.75. The molecule has 2 aliphatic rings. The van der Waals surface area contributed by atoms with Crippen molar-refractivity contribution in [1.82, 2.24) is 5.32 Å².